The van der Waals surface area contributed by atoms with Crippen molar-refractivity contribution in [3.05, 3.63) is 255 Å². The van der Waals surface area contributed by atoms with E-state index in [1.165, 1.54) is 21.9 Å². The van der Waals surface area contributed by atoms with Gasteiger partial charge in [0.25, 0.3) is 0 Å². The molecule has 0 fully saturated rings. The van der Waals surface area contributed by atoms with Crippen LogP contribution in [0.25, 0.3) is 128 Å². The molecular formula is C65H42N4. The summed E-state index contributed by atoms with van der Waals surface area (Å²) < 4.78 is 2.38. The predicted molar refractivity (Wildman–Crippen MR) is 287 cm³/mol. The zero-order valence-corrected chi connectivity index (χ0v) is 37.5. The van der Waals surface area contributed by atoms with Crippen molar-refractivity contribution in [3.63, 3.8) is 0 Å². The van der Waals surface area contributed by atoms with Gasteiger partial charge in [-0.15, -0.1) is 0 Å². The standard InChI is InChI=1S/C65H42N4/c1-4-16-43(17-5-1)45-28-34-48(35-29-45)59-42-60(49-36-30-46(31-37-49)44-18-6-2-7-19-44)68-65(67-59)55-41-40-52(53-22-10-11-23-54(53)55)47-32-38-50(39-33-47)63-64-62(56-24-12-14-26-58(56)66-63)57-25-13-15-27-61(57)69(64)51-20-8-3-9-21-51/h1-42H. The van der Waals surface area contributed by atoms with Crippen LogP contribution in [0.2, 0.25) is 0 Å². The summed E-state index contributed by atoms with van der Waals surface area (Å²) in [5.41, 5.74) is 18.1. The molecule has 13 rings (SSSR count). The van der Waals surface area contributed by atoms with E-state index in [-0.39, 0.29) is 0 Å². The minimum Gasteiger partial charge on any atom is -0.307 e. The Balaban J connectivity index is 0.927. The van der Waals surface area contributed by atoms with Gasteiger partial charge in [0.15, 0.2) is 5.82 Å². The number of para-hydroxylation sites is 3. The van der Waals surface area contributed by atoms with Gasteiger partial charge in [0.1, 0.15) is 0 Å². The summed E-state index contributed by atoms with van der Waals surface area (Å²) in [6.45, 7) is 0. The maximum absolute atomic E-state index is 5.41. The molecule has 0 amide bonds. The number of hydrogen-bond donors (Lipinski definition) is 0. The molecule has 3 aromatic heterocycles. The maximum Gasteiger partial charge on any atom is 0.161 e. The summed E-state index contributed by atoms with van der Waals surface area (Å²) in [5.74, 6) is 0.681. The lowest BCUT2D eigenvalue weighted by Crippen LogP contribution is -1.98. The van der Waals surface area contributed by atoms with Crippen molar-refractivity contribution >= 4 is 43.5 Å². The molecule has 3 heterocycles. The molecule has 0 aliphatic heterocycles. The van der Waals surface area contributed by atoms with E-state index in [0.29, 0.717) is 5.82 Å². The van der Waals surface area contributed by atoms with Gasteiger partial charge < -0.3 is 4.57 Å². The van der Waals surface area contributed by atoms with Crippen LogP contribution >= 0.6 is 0 Å². The highest BCUT2D eigenvalue weighted by Crippen LogP contribution is 2.42. The second kappa shape index (κ2) is 16.9. The first-order valence-electron chi connectivity index (χ1n) is 23.4. The largest absolute Gasteiger partial charge is 0.307 e. The highest BCUT2D eigenvalue weighted by Gasteiger charge is 2.21. The van der Waals surface area contributed by atoms with Gasteiger partial charge in [0.2, 0.25) is 0 Å². The van der Waals surface area contributed by atoms with Crippen molar-refractivity contribution in [2.45, 2.75) is 0 Å². The third kappa shape index (κ3) is 7.14. The molecule has 0 spiro atoms. The van der Waals surface area contributed by atoms with Gasteiger partial charge in [-0.3, -0.25) is 0 Å². The summed E-state index contributed by atoms with van der Waals surface area (Å²) in [4.78, 5) is 16.1. The van der Waals surface area contributed by atoms with Crippen LogP contribution in [0.3, 0.4) is 0 Å². The molecule has 4 nitrogen and oxygen atoms in total. The Morgan fingerprint density at radius 1 is 0.290 bits per heavy atom. The molecule has 4 heteroatoms. The van der Waals surface area contributed by atoms with Crippen LogP contribution < -0.4 is 0 Å². The highest BCUT2D eigenvalue weighted by atomic mass is 15.0. The van der Waals surface area contributed by atoms with Gasteiger partial charge in [-0.05, 0) is 80.6 Å². The lowest BCUT2D eigenvalue weighted by molar-refractivity contribution is 1.17. The first-order valence-corrected chi connectivity index (χ1v) is 23.4. The molecule has 322 valence electrons. The molecule has 0 saturated carbocycles. The van der Waals surface area contributed by atoms with Crippen LogP contribution in [0.4, 0.5) is 0 Å². The van der Waals surface area contributed by atoms with Crippen LogP contribution in [0.15, 0.2) is 255 Å². The highest BCUT2D eigenvalue weighted by molar-refractivity contribution is 6.23. The molecule has 69 heavy (non-hydrogen) atoms. The predicted octanol–water partition coefficient (Wildman–Crippen LogP) is 16.9. The monoisotopic (exact) mass is 878 g/mol. The Morgan fingerprint density at radius 3 is 1.33 bits per heavy atom. The number of nitrogens with zero attached hydrogens (tertiary/aromatic N) is 4. The molecule has 0 atom stereocenters. The van der Waals surface area contributed by atoms with Crippen LogP contribution in [0.1, 0.15) is 0 Å². The number of pyridine rings is 1. The van der Waals surface area contributed by atoms with Crippen LogP contribution in [-0.2, 0) is 0 Å². The normalized spacial score (nSPS) is 11.5. The Labute approximate surface area is 400 Å². The minimum atomic E-state index is 0.681. The molecule has 0 saturated heterocycles. The molecule has 0 aliphatic rings. The lowest BCUT2D eigenvalue weighted by Gasteiger charge is -2.15. The number of hydrogen-bond acceptors (Lipinski definition) is 3. The van der Waals surface area contributed by atoms with E-state index in [9.17, 15) is 0 Å². The van der Waals surface area contributed by atoms with Gasteiger partial charge in [0, 0.05) is 44.1 Å². The topological polar surface area (TPSA) is 43.6 Å². The third-order valence-electron chi connectivity index (χ3n) is 13.5. The Bertz CT molecular complexity index is 3910. The van der Waals surface area contributed by atoms with E-state index in [1.54, 1.807) is 0 Å². The number of rotatable bonds is 8. The molecule has 0 bridgehead atoms. The van der Waals surface area contributed by atoms with E-state index in [1.807, 2.05) is 0 Å². The van der Waals surface area contributed by atoms with Gasteiger partial charge in [-0.1, -0.05) is 218 Å². The summed E-state index contributed by atoms with van der Waals surface area (Å²) in [5, 5.41) is 5.79. The SMILES string of the molecule is c1ccc(-c2ccc(-c3cc(-c4ccc(-c5ccccc5)cc4)nc(-c4ccc(-c5ccc(-c6nc7ccccc7c7c8ccccc8n(-c8ccccc8)c67)cc5)c5ccccc45)n3)cc2)cc1. The van der Waals surface area contributed by atoms with Gasteiger partial charge in [-0.2, -0.15) is 0 Å². The molecule has 0 N–H and O–H groups in total. The minimum absolute atomic E-state index is 0.681. The van der Waals surface area contributed by atoms with Crippen molar-refractivity contribution in [3.8, 4) is 84.2 Å². The van der Waals surface area contributed by atoms with Gasteiger partial charge in [-0.25, -0.2) is 15.0 Å². The Morgan fingerprint density at radius 2 is 0.725 bits per heavy atom. The fraction of sp³-hybridized carbons (Fsp3) is 0. The first-order chi connectivity index (χ1) is 34.2. The van der Waals surface area contributed by atoms with Crippen LogP contribution in [0.5, 0.6) is 0 Å². The van der Waals surface area contributed by atoms with Crippen molar-refractivity contribution in [2.75, 3.05) is 0 Å². The third-order valence-corrected chi connectivity index (χ3v) is 13.5. The number of benzene rings is 10. The fourth-order valence-corrected chi connectivity index (χ4v) is 10.1. The van der Waals surface area contributed by atoms with Crippen molar-refractivity contribution in [1.82, 2.24) is 19.5 Å². The van der Waals surface area contributed by atoms with Crippen LogP contribution in [0, 0.1) is 0 Å². The number of fused-ring (bicyclic) bond motifs is 6. The second-order valence-corrected chi connectivity index (χ2v) is 17.5. The average Bonchev–Trinajstić information content (AvgIpc) is 3.79. The summed E-state index contributed by atoms with van der Waals surface area (Å²) >= 11 is 0. The van der Waals surface area contributed by atoms with Gasteiger partial charge >= 0.3 is 0 Å². The smallest absolute Gasteiger partial charge is 0.161 e. The molecule has 10 aromatic carbocycles. The zero-order chi connectivity index (χ0) is 45.7. The average molecular weight is 879 g/mol. The lowest BCUT2D eigenvalue weighted by atomic mass is 9.93. The summed E-state index contributed by atoms with van der Waals surface area (Å²) in [7, 11) is 0. The zero-order valence-electron chi connectivity index (χ0n) is 37.5. The molecule has 0 aliphatic carbocycles. The van der Waals surface area contributed by atoms with E-state index in [0.717, 1.165) is 100.0 Å². The summed E-state index contributed by atoms with van der Waals surface area (Å²) in [6.07, 6.45) is 0. The Kier molecular flexibility index (Phi) is 9.80. The van der Waals surface area contributed by atoms with Gasteiger partial charge in [0.05, 0.1) is 33.6 Å². The van der Waals surface area contributed by atoms with Crippen molar-refractivity contribution in [2.24, 2.45) is 0 Å². The van der Waals surface area contributed by atoms with E-state index in [4.69, 9.17) is 15.0 Å². The molecular weight excluding hydrogens is 837 g/mol. The molecule has 0 radical (unpaired) electrons. The fourth-order valence-electron chi connectivity index (χ4n) is 10.1. The van der Waals surface area contributed by atoms with E-state index >= 15 is 0 Å². The molecule has 0 unspecified atom stereocenters. The van der Waals surface area contributed by atoms with Crippen molar-refractivity contribution in [1.29, 1.82) is 0 Å². The number of aromatic nitrogens is 4. The second-order valence-electron chi connectivity index (χ2n) is 17.5. The maximum atomic E-state index is 5.41. The van der Waals surface area contributed by atoms with E-state index < -0.39 is 0 Å². The molecule has 13 aromatic rings. The van der Waals surface area contributed by atoms with Crippen molar-refractivity contribution < 1.29 is 0 Å². The first kappa shape index (κ1) is 40.1. The van der Waals surface area contributed by atoms with Crippen LogP contribution in [-0.4, -0.2) is 19.5 Å². The quantitative estimate of drug-likeness (QED) is 0.153. The Hall–Kier alpha value is -9.25. The van der Waals surface area contributed by atoms with E-state index in [2.05, 4.69) is 259 Å². The summed E-state index contributed by atoms with van der Waals surface area (Å²) in [6, 6.07) is 90.3.